The van der Waals surface area contributed by atoms with Crippen LogP contribution in [0.15, 0.2) is 52.4 Å². The first-order valence-corrected chi connectivity index (χ1v) is 10.7. The highest BCUT2D eigenvalue weighted by Gasteiger charge is 2.26. The molecule has 0 N–H and O–H groups in total. The van der Waals surface area contributed by atoms with Gasteiger partial charge in [-0.05, 0) is 69.2 Å². The lowest BCUT2D eigenvalue weighted by molar-refractivity contribution is -0.669. The number of nitrogens with zero attached hydrogens (tertiary/aromatic N) is 2. The van der Waals surface area contributed by atoms with E-state index in [4.69, 9.17) is 4.74 Å². The Hall–Kier alpha value is -1.73. The van der Waals surface area contributed by atoms with E-state index in [9.17, 15) is 0 Å². The largest absolute Gasteiger partial charge is 1.00 e. The Balaban J connectivity index is 0.00000240. The molecule has 0 fully saturated rings. The smallest absolute Gasteiger partial charge is 0.213 e. The van der Waals surface area contributed by atoms with Crippen LogP contribution in [0.25, 0.3) is 17.0 Å². The van der Waals surface area contributed by atoms with Gasteiger partial charge >= 0.3 is 0 Å². The molecule has 5 heteroatoms. The summed E-state index contributed by atoms with van der Waals surface area (Å²) in [4.78, 5) is 3.77. The number of methoxy groups -OCH3 is 1. The summed E-state index contributed by atoms with van der Waals surface area (Å²) in [5.74, 6) is 0.894. The van der Waals surface area contributed by atoms with Crippen molar-refractivity contribution in [1.82, 2.24) is 0 Å². The van der Waals surface area contributed by atoms with Gasteiger partial charge in [0.25, 0.3) is 0 Å². The summed E-state index contributed by atoms with van der Waals surface area (Å²) in [5.41, 5.74) is 6.49. The zero-order chi connectivity index (χ0) is 19.8. The first-order chi connectivity index (χ1) is 13.5. The number of aryl methyl sites for hydroxylation is 3. The van der Waals surface area contributed by atoms with Gasteiger partial charge in [0, 0.05) is 29.6 Å². The Morgan fingerprint density at radius 2 is 1.79 bits per heavy atom. The lowest BCUT2D eigenvalue weighted by atomic mass is 10.1. The normalized spacial score (nSPS) is 14.2. The molecule has 3 nitrogen and oxygen atoms in total. The third-order valence-corrected chi connectivity index (χ3v) is 6.62. The third kappa shape index (κ3) is 3.99. The van der Waals surface area contributed by atoms with Crippen molar-refractivity contribution in [2.24, 2.45) is 0 Å². The molecule has 0 saturated heterocycles. The minimum absolute atomic E-state index is 0. The Morgan fingerprint density at radius 3 is 2.48 bits per heavy atom. The molecule has 3 aromatic rings. The molecule has 1 aromatic heterocycles. The van der Waals surface area contributed by atoms with E-state index >= 15 is 0 Å². The molecule has 4 rings (SSSR count). The van der Waals surface area contributed by atoms with Crippen molar-refractivity contribution < 1.29 is 33.3 Å². The highest BCUT2D eigenvalue weighted by Crippen LogP contribution is 2.47. The highest BCUT2D eigenvalue weighted by atomic mass is 127. The van der Waals surface area contributed by atoms with Gasteiger partial charge in [0.1, 0.15) is 12.3 Å². The summed E-state index contributed by atoms with van der Waals surface area (Å²) in [6, 6.07) is 15.3. The van der Waals surface area contributed by atoms with Gasteiger partial charge in [-0.3, -0.25) is 0 Å². The molecule has 29 heavy (non-hydrogen) atoms. The fourth-order valence-corrected chi connectivity index (χ4v) is 5.09. The molecule has 152 valence electrons. The van der Waals surface area contributed by atoms with Crippen molar-refractivity contribution in [2.45, 2.75) is 39.1 Å². The second kappa shape index (κ2) is 8.96. The Morgan fingerprint density at radius 1 is 1.03 bits per heavy atom. The van der Waals surface area contributed by atoms with Crippen LogP contribution in [0.5, 0.6) is 5.75 Å². The first kappa shape index (κ1) is 22.0. The summed E-state index contributed by atoms with van der Waals surface area (Å²) in [6.07, 6.45) is 2.33. The second-order valence-corrected chi connectivity index (χ2v) is 8.22. The highest BCUT2D eigenvalue weighted by molar-refractivity contribution is 8.03. The van der Waals surface area contributed by atoms with Crippen LogP contribution < -0.4 is 38.2 Å². The van der Waals surface area contributed by atoms with Crippen LogP contribution in [0, 0.1) is 13.8 Å². The average molecular weight is 518 g/mol. The van der Waals surface area contributed by atoms with Crippen LogP contribution in [0.4, 0.5) is 5.69 Å². The summed E-state index contributed by atoms with van der Waals surface area (Å²) < 4.78 is 7.76. The number of aromatic nitrogens is 1. The van der Waals surface area contributed by atoms with Crippen molar-refractivity contribution >= 4 is 34.4 Å². The Kier molecular flexibility index (Phi) is 6.79. The maximum atomic E-state index is 5.39. The van der Waals surface area contributed by atoms with Gasteiger partial charge in [0.2, 0.25) is 11.2 Å². The monoisotopic (exact) mass is 518 g/mol. The number of pyridine rings is 1. The molecular formula is C24H27IN2OS. The number of hydrogen-bond acceptors (Lipinski definition) is 3. The minimum Gasteiger partial charge on any atom is -1.00 e. The summed E-state index contributed by atoms with van der Waals surface area (Å²) in [6.45, 7) is 10.7. The van der Waals surface area contributed by atoms with Crippen LogP contribution >= 0.6 is 11.8 Å². The molecular weight excluding hydrogens is 491 g/mol. The zero-order valence-electron chi connectivity index (χ0n) is 17.6. The number of fused-ring (bicyclic) bond motifs is 2. The maximum Gasteiger partial charge on any atom is 0.213 e. The molecule has 2 aromatic carbocycles. The predicted molar refractivity (Wildman–Crippen MR) is 119 cm³/mol. The predicted octanol–water partition coefficient (Wildman–Crippen LogP) is 2.71. The van der Waals surface area contributed by atoms with E-state index in [1.165, 1.54) is 43.3 Å². The van der Waals surface area contributed by atoms with Crippen molar-refractivity contribution in [3.63, 3.8) is 0 Å². The standard InChI is InChI=1S/C24H27N2OS.HI/c1-6-25-19(9-8-18-14-20(27-5)10-11-21(18)25)15-24-26(7-2)22-12-16(3)17(4)13-23(22)28-24;/h8-15H,6-7H2,1-5H3;1H/q+1;/p-1. The number of thioether (sulfide) groups is 1. The van der Waals surface area contributed by atoms with Crippen LogP contribution in [0.3, 0.4) is 0 Å². The van der Waals surface area contributed by atoms with Crippen LogP contribution in [0.2, 0.25) is 0 Å². The van der Waals surface area contributed by atoms with Crippen molar-refractivity contribution in [3.8, 4) is 5.75 Å². The van der Waals surface area contributed by atoms with Crippen LogP contribution in [-0.2, 0) is 6.54 Å². The fourth-order valence-electron chi connectivity index (χ4n) is 3.84. The number of anilines is 1. The summed E-state index contributed by atoms with van der Waals surface area (Å²) in [7, 11) is 1.71. The van der Waals surface area contributed by atoms with Crippen LogP contribution in [0.1, 0.15) is 30.7 Å². The maximum absolute atomic E-state index is 5.39. The van der Waals surface area contributed by atoms with Crippen LogP contribution in [-0.4, -0.2) is 13.7 Å². The van der Waals surface area contributed by atoms with E-state index in [2.05, 4.69) is 79.6 Å². The Labute approximate surface area is 194 Å². The van der Waals surface area contributed by atoms with Crippen molar-refractivity contribution in [1.29, 1.82) is 0 Å². The number of rotatable bonds is 4. The molecule has 0 radical (unpaired) electrons. The van der Waals surface area contributed by atoms with E-state index in [0.717, 1.165) is 18.8 Å². The number of ether oxygens (including phenoxy) is 1. The molecule has 1 aliphatic heterocycles. The molecule has 0 amide bonds. The quantitative estimate of drug-likeness (QED) is 0.391. The molecule has 0 spiro atoms. The van der Waals surface area contributed by atoms with Gasteiger partial charge in [0.15, 0.2) is 0 Å². The first-order valence-electron chi connectivity index (χ1n) is 9.84. The number of hydrogen-bond donors (Lipinski definition) is 0. The second-order valence-electron chi connectivity index (χ2n) is 7.16. The molecule has 0 unspecified atom stereocenters. The lowest BCUT2D eigenvalue weighted by Crippen LogP contribution is -3.00. The zero-order valence-corrected chi connectivity index (χ0v) is 20.6. The van der Waals surface area contributed by atoms with Gasteiger partial charge in [-0.15, -0.1) is 0 Å². The molecule has 0 aliphatic carbocycles. The summed E-state index contributed by atoms with van der Waals surface area (Å²) >= 11 is 1.87. The SMILES string of the molecule is CCN1/C(=C/c2ccc3cc(OC)ccc3[n+]2CC)Sc2cc(C)c(C)cc21.[I-]. The van der Waals surface area contributed by atoms with E-state index < -0.39 is 0 Å². The molecule has 2 heterocycles. The average Bonchev–Trinajstić information content (AvgIpc) is 3.03. The third-order valence-electron chi connectivity index (χ3n) is 5.52. The Bertz CT molecular complexity index is 1090. The summed E-state index contributed by atoms with van der Waals surface area (Å²) in [5, 5.41) is 2.49. The lowest BCUT2D eigenvalue weighted by Gasteiger charge is -2.18. The van der Waals surface area contributed by atoms with Gasteiger partial charge < -0.3 is 33.6 Å². The van der Waals surface area contributed by atoms with Gasteiger partial charge in [-0.25, -0.2) is 0 Å². The van der Waals surface area contributed by atoms with E-state index in [1.54, 1.807) is 7.11 Å². The van der Waals surface area contributed by atoms with E-state index in [-0.39, 0.29) is 24.0 Å². The van der Waals surface area contributed by atoms with Crippen molar-refractivity contribution in [3.05, 3.63) is 64.3 Å². The molecule has 0 saturated carbocycles. The van der Waals surface area contributed by atoms with Gasteiger partial charge in [-0.2, -0.15) is 4.57 Å². The van der Waals surface area contributed by atoms with E-state index in [1.807, 2.05) is 17.8 Å². The van der Waals surface area contributed by atoms with E-state index in [0.29, 0.717) is 0 Å². The topological polar surface area (TPSA) is 16.4 Å². The number of halogens is 1. The molecule has 0 bridgehead atoms. The van der Waals surface area contributed by atoms with Gasteiger partial charge in [-0.1, -0.05) is 11.8 Å². The fraction of sp³-hybridized carbons (Fsp3) is 0.292. The van der Waals surface area contributed by atoms with Crippen molar-refractivity contribution in [2.75, 3.05) is 18.6 Å². The number of benzene rings is 2. The minimum atomic E-state index is 0. The van der Waals surface area contributed by atoms with Gasteiger partial charge in [0.05, 0.1) is 23.2 Å². The molecule has 0 atom stereocenters. The molecule has 1 aliphatic rings.